The Morgan fingerprint density at radius 2 is 1.45 bits per heavy atom. The van der Waals surface area contributed by atoms with Gasteiger partial charge in [-0.15, -0.1) is 0 Å². The van der Waals surface area contributed by atoms with E-state index in [-0.39, 0.29) is 23.8 Å². The lowest BCUT2D eigenvalue weighted by Gasteiger charge is -2.35. The fourth-order valence-electron chi connectivity index (χ4n) is 3.78. The fourth-order valence-corrected chi connectivity index (χ4v) is 5.35. The summed E-state index contributed by atoms with van der Waals surface area (Å²) in [6, 6.07) is 17.5. The van der Waals surface area contributed by atoms with Gasteiger partial charge in [-0.2, -0.15) is 4.31 Å². The van der Waals surface area contributed by atoms with E-state index in [1.807, 2.05) is 24.3 Å². The number of hydrogen-bond acceptors (Lipinski definition) is 4. The minimum absolute atomic E-state index is 0.0233. The third kappa shape index (κ3) is 4.94. The molecule has 0 unspecified atom stereocenters. The second-order valence-corrected chi connectivity index (χ2v) is 9.63. The van der Waals surface area contributed by atoms with Crippen molar-refractivity contribution in [1.82, 2.24) is 4.31 Å². The number of rotatable bonds is 5. The average molecular weight is 468 g/mol. The molecule has 0 saturated heterocycles. The van der Waals surface area contributed by atoms with Gasteiger partial charge in [0.1, 0.15) is 11.9 Å². The van der Waals surface area contributed by atoms with E-state index in [1.54, 1.807) is 24.3 Å². The molecule has 3 aromatic rings. The Kier molecular flexibility index (Phi) is 6.26. The van der Waals surface area contributed by atoms with Crippen LogP contribution >= 0.6 is 0 Å². The van der Waals surface area contributed by atoms with Gasteiger partial charge in [-0.05, 0) is 66.1 Å². The molecule has 0 bridgehead atoms. The summed E-state index contributed by atoms with van der Waals surface area (Å²) in [5.74, 6) is -1.24. The summed E-state index contributed by atoms with van der Waals surface area (Å²) >= 11 is 0. The van der Waals surface area contributed by atoms with Gasteiger partial charge < -0.3 is 10.6 Å². The van der Waals surface area contributed by atoms with E-state index >= 15 is 0 Å². The van der Waals surface area contributed by atoms with E-state index < -0.39 is 27.8 Å². The monoisotopic (exact) mass is 467 g/mol. The van der Waals surface area contributed by atoms with Crippen LogP contribution in [0.1, 0.15) is 18.1 Å². The van der Waals surface area contributed by atoms with Crippen LogP contribution in [0.5, 0.6) is 0 Å². The fraction of sp³-hybridized carbons (Fsp3) is 0.167. The number of sulfonamides is 1. The molecule has 33 heavy (non-hydrogen) atoms. The smallest absolute Gasteiger partial charge is 0.244 e. The molecule has 9 heteroatoms. The lowest BCUT2D eigenvalue weighted by Crippen LogP contribution is -2.50. The summed E-state index contributed by atoms with van der Waals surface area (Å²) in [4.78, 5) is 24.3. The molecule has 0 saturated carbocycles. The summed E-state index contributed by atoms with van der Waals surface area (Å²) in [7, 11) is -4.07. The van der Waals surface area contributed by atoms with Crippen molar-refractivity contribution in [2.75, 3.05) is 10.6 Å². The first-order chi connectivity index (χ1) is 15.7. The van der Waals surface area contributed by atoms with E-state index in [0.29, 0.717) is 11.4 Å². The Balaban J connectivity index is 1.64. The normalized spacial score (nSPS) is 16.0. The number of nitrogens with zero attached hydrogens (tertiary/aromatic N) is 1. The van der Waals surface area contributed by atoms with Gasteiger partial charge in [0.2, 0.25) is 21.8 Å². The van der Waals surface area contributed by atoms with Crippen molar-refractivity contribution in [2.45, 2.75) is 30.8 Å². The molecular weight excluding hydrogens is 445 g/mol. The maximum absolute atomic E-state index is 13.4. The van der Waals surface area contributed by atoms with E-state index in [0.717, 1.165) is 27.6 Å². The Labute approximate surface area is 191 Å². The summed E-state index contributed by atoms with van der Waals surface area (Å²) in [6.07, 6.45) is 0.201. The van der Waals surface area contributed by atoms with Gasteiger partial charge in [0.25, 0.3) is 0 Å². The Morgan fingerprint density at radius 3 is 2.06 bits per heavy atom. The lowest BCUT2D eigenvalue weighted by atomic mass is 9.95. The maximum atomic E-state index is 13.4. The molecule has 2 amide bonds. The number of benzene rings is 3. The van der Waals surface area contributed by atoms with Crippen LogP contribution in [0.15, 0.2) is 77.7 Å². The first kappa shape index (κ1) is 22.6. The van der Waals surface area contributed by atoms with Gasteiger partial charge in [-0.25, -0.2) is 12.8 Å². The van der Waals surface area contributed by atoms with E-state index in [9.17, 15) is 22.4 Å². The lowest BCUT2D eigenvalue weighted by molar-refractivity contribution is -0.120. The van der Waals surface area contributed by atoms with Crippen molar-refractivity contribution in [3.8, 4) is 0 Å². The van der Waals surface area contributed by atoms with Crippen molar-refractivity contribution in [3.63, 3.8) is 0 Å². The number of carbonyl (C=O) groups is 2. The molecule has 1 heterocycles. The van der Waals surface area contributed by atoms with Gasteiger partial charge in [-0.1, -0.05) is 24.3 Å². The van der Waals surface area contributed by atoms with Gasteiger partial charge in [0.05, 0.1) is 4.90 Å². The number of carbonyl (C=O) groups excluding carboxylic acids is 2. The molecule has 0 spiro atoms. The first-order valence-electron chi connectivity index (χ1n) is 10.3. The quantitative estimate of drug-likeness (QED) is 0.600. The molecule has 1 aliphatic heterocycles. The molecule has 3 aromatic carbocycles. The highest BCUT2D eigenvalue weighted by Gasteiger charge is 2.39. The van der Waals surface area contributed by atoms with Crippen LogP contribution in [0.3, 0.4) is 0 Å². The number of hydrogen-bond donors (Lipinski definition) is 2. The highest BCUT2D eigenvalue weighted by atomic mass is 32.2. The zero-order chi connectivity index (χ0) is 23.6. The predicted octanol–water partition coefficient (Wildman–Crippen LogP) is 3.54. The van der Waals surface area contributed by atoms with Crippen molar-refractivity contribution >= 4 is 33.2 Å². The van der Waals surface area contributed by atoms with Gasteiger partial charge in [0.15, 0.2) is 0 Å². The minimum Gasteiger partial charge on any atom is -0.326 e. The first-order valence-corrected chi connectivity index (χ1v) is 11.7. The van der Waals surface area contributed by atoms with Crippen LogP contribution in [0.4, 0.5) is 15.8 Å². The highest BCUT2D eigenvalue weighted by Crippen LogP contribution is 2.30. The number of halogens is 1. The summed E-state index contributed by atoms with van der Waals surface area (Å²) < 4.78 is 41.3. The topological polar surface area (TPSA) is 95.6 Å². The molecule has 7 nitrogen and oxygen atoms in total. The molecule has 1 atom stereocenters. The summed E-state index contributed by atoms with van der Waals surface area (Å²) in [5, 5.41) is 5.41. The molecule has 0 radical (unpaired) electrons. The zero-order valence-electron chi connectivity index (χ0n) is 17.8. The Morgan fingerprint density at radius 1 is 0.879 bits per heavy atom. The van der Waals surface area contributed by atoms with Crippen molar-refractivity contribution < 1.29 is 22.4 Å². The Hall–Kier alpha value is -3.56. The second-order valence-electron chi connectivity index (χ2n) is 7.74. The van der Waals surface area contributed by atoms with Crippen molar-refractivity contribution in [3.05, 3.63) is 89.7 Å². The average Bonchev–Trinajstić information content (AvgIpc) is 2.79. The third-order valence-corrected chi connectivity index (χ3v) is 7.27. The zero-order valence-corrected chi connectivity index (χ0v) is 18.6. The van der Waals surface area contributed by atoms with Gasteiger partial charge >= 0.3 is 0 Å². The van der Waals surface area contributed by atoms with Crippen LogP contribution in [-0.2, 0) is 32.6 Å². The van der Waals surface area contributed by atoms with E-state index in [4.69, 9.17) is 0 Å². The molecule has 0 aromatic heterocycles. The molecular formula is C24H22FN3O4S. The number of amides is 2. The number of fused-ring (bicyclic) bond motifs is 1. The number of nitrogens with one attached hydrogen (secondary N) is 2. The predicted molar refractivity (Wildman–Crippen MR) is 122 cm³/mol. The van der Waals surface area contributed by atoms with Crippen LogP contribution in [0.25, 0.3) is 0 Å². The largest absolute Gasteiger partial charge is 0.326 e. The summed E-state index contributed by atoms with van der Waals surface area (Å²) in [6.45, 7) is 1.42. The van der Waals surface area contributed by atoms with Crippen LogP contribution in [-0.4, -0.2) is 30.6 Å². The third-order valence-electron chi connectivity index (χ3n) is 5.40. The van der Waals surface area contributed by atoms with Crippen molar-refractivity contribution in [1.29, 1.82) is 0 Å². The molecule has 170 valence electrons. The van der Waals surface area contributed by atoms with Crippen LogP contribution < -0.4 is 10.6 Å². The molecule has 0 aliphatic carbocycles. The Bertz CT molecular complexity index is 1290. The molecule has 4 rings (SSSR count). The maximum Gasteiger partial charge on any atom is 0.244 e. The van der Waals surface area contributed by atoms with Gasteiger partial charge in [0, 0.05) is 24.8 Å². The highest BCUT2D eigenvalue weighted by molar-refractivity contribution is 7.89. The van der Waals surface area contributed by atoms with Crippen LogP contribution in [0, 0.1) is 5.82 Å². The second kappa shape index (κ2) is 9.13. The van der Waals surface area contributed by atoms with E-state index in [2.05, 4.69) is 10.6 Å². The minimum atomic E-state index is -4.07. The standard InChI is InChI=1S/C24H22FN3O4S/c1-16(29)26-20-8-10-21(11-9-20)27-24(30)23-14-17-4-2-3-5-18(17)15-28(23)33(31,32)22-12-6-19(25)7-13-22/h2-13,23H,14-15H2,1H3,(H,26,29)(H,27,30)/t23-/m0/s1. The summed E-state index contributed by atoms with van der Waals surface area (Å²) in [5.41, 5.74) is 2.75. The SMILES string of the molecule is CC(=O)Nc1ccc(NC(=O)[C@@H]2Cc3ccccc3CN2S(=O)(=O)c2ccc(F)cc2)cc1. The van der Waals surface area contributed by atoms with Gasteiger partial charge in [-0.3, -0.25) is 9.59 Å². The molecule has 2 N–H and O–H groups in total. The molecule has 0 fully saturated rings. The van der Waals surface area contributed by atoms with Crippen LogP contribution in [0.2, 0.25) is 0 Å². The van der Waals surface area contributed by atoms with Crippen molar-refractivity contribution in [2.24, 2.45) is 0 Å². The number of anilines is 2. The molecule has 1 aliphatic rings. The van der Waals surface area contributed by atoms with E-state index in [1.165, 1.54) is 19.1 Å².